The van der Waals surface area contributed by atoms with Crippen LogP contribution in [0.3, 0.4) is 0 Å². The van der Waals surface area contributed by atoms with Crippen LogP contribution in [0.2, 0.25) is 0 Å². The van der Waals surface area contributed by atoms with Crippen LogP contribution in [0.4, 0.5) is 5.69 Å². The van der Waals surface area contributed by atoms with Crippen LogP contribution in [-0.4, -0.2) is 22.1 Å². The minimum atomic E-state index is -0.321. The van der Waals surface area contributed by atoms with E-state index in [2.05, 4.69) is 16.7 Å². The van der Waals surface area contributed by atoms with Crippen molar-refractivity contribution >= 4 is 50.8 Å². The third-order valence-electron chi connectivity index (χ3n) is 5.35. The van der Waals surface area contributed by atoms with E-state index in [9.17, 15) is 4.79 Å². The predicted molar refractivity (Wildman–Crippen MR) is 143 cm³/mol. The molecule has 7 heteroatoms. The van der Waals surface area contributed by atoms with Crippen molar-refractivity contribution in [3.05, 3.63) is 90.5 Å². The molecular weight excluding hydrogens is 458 g/mol. The maximum Gasteiger partial charge on any atom is 0.257 e. The summed E-state index contributed by atoms with van der Waals surface area (Å²) < 4.78 is 11.7. The fourth-order valence-electron chi connectivity index (χ4n) is 3.84. The molecule has 2 N–H and O–H groups in total. The molecule has 0 saturated carbocycles. The van der Waals surface area contributed by atoms with Gasteiger partial charge < -0.3 is 14.5 Å². The number of nitrogens with zero attached hydrogens (tertiary/aromatic N) is 1. The molecule has 5 rings (SSSR count). The SMILES string of the molecule is CC(C)Oc1cccc(C(=O)NC(=S)Nc2cccc(-c3nc4c(ccc5ccccc54)o3)c2)c1. The number of fused-ring (bicyclic) bond motifs is 3. The fourth-order valence-corrected chi connectivity index (χ4v) is 4.05. The van der Waals surface area contributed by atoms with E-state index in [0.717, 1.165) is 27.4 Å². The maximum absolute atomic E-state index is 12.7. The van der Waals surface area contributed by atoms with Crippen molar-refractivity contribution in [3.8, 4) is 17.2 Å². The van der Waals surface area contributed by atoms with Crippen LogP contribution in [0, 0.1) is 0 Å². The standard InChI is InChI=1S/C28H23N3O3S/c1-17(2)33-22-11-6-8-19(16-22)26(32)31-28(35)29-21-10-5-9-20(15-21)27-30-25-23-12-4-3-7-18(23)13-14-24(25)34-27/h3-17H,1-2H3,(H2,29,31,32,35). The number of nitrogens with one attached hydrogen (secondary N) is 2. The average Bonchev–Trinajstić information content (AvgIpc) is 3.29. The van der Waals surface area contributed by atoms with Crippen molar-refractivity contribution in [2.45, 2.75) is 20.0 Å². The lowest BCUT2D eigenvalue weighted by molar-refractivity contribution is 0.0977. The van der Waals surface area contributed by atoms with Crippen LogP contribution in [0.1, 0.15) is 24.2 Å². The van der Waals surface area contributed by atoms with Gasteiger partial charge in [-0.15, -0.1) is 0 Å². The Labute approximate surface area is 207 Å². The van der Waals surface area contributed by atoms with E-state index < -0.39 is 0 Å². The summed E-state index contributed by atoms with van der Waals surface area (Å²) in [6, 6.07) is 26.6. The molecule has 1 amide bonds. The smallest absolute Gasteiger partial charge is 0.257 e. The molecule has 0 spiro atoms. The first-order valence-electron chi connectivity index (χ1n) is 11.2. The third kappa shape index (κ3) is 5.00. The normalized spacial score (nSPS) is 11.1. The highest BCUT2D eigenvalue weighted by atomic mass is 32.1. The molecule has 0 radical (unpaired) electrons. The van der Waals surface area contributed by atoms with Crippen molar-refractivity contribution in [2.75, 3.05) is 5.32 Å². The number of hydrogen-bond acceptors (Lipinski definition) is 5. The van der Waals surface area contributed by atoms with E-state index in [0.29, 0.717) is 22.9 Å². The fraction of sp³-hybridized carbons (Fsp3) is 0.107. The molecule has 0 fully saturated rings. The van der Waals surface area contributed by atoms with Gasteiger partial charge in [0, 0.05) is 22.2 Å². The average molecular weight is 482 g/mol. The summed E-state index contributed by atoms with van der Waals surface area (Å²) in [5.41, 5.74) is 3.51. The molecule has 0 aliphatic heterocycles. The first-order chi connectivity index (χ1) is 17.0. The van der Waals surface area contributed by atoms with Gasteiger partial charge in [0.25, 0.3) is 5.91 Å². The van der Waals surface area contributed by atoms with Crippen LogP contribution in [0.5, 0.6) is 5.75 Å². The molecule has 174 valence electrons. The predicted octanol–water partition coefficient (Wildman–Crippen LogP) is 6.56. The summed E-state index contributed by atoms with van der Waals surface area (Å²) >= 11 is 5.37. The van der Waals surface area contributed by atoms with E-state index >= 15 is 0 Å². The summed E-state index contributed by atoms with van der Waals surface area (Å²) in [5, 5.41) is 8.11. The molecule has 1 heterocycles. The minimum Gasteiger partial charge on any atom is -0.491 e. The zero-order valence-electron chi connectivity index (χ0n) is 19.2. The lowest BCUT2D eigenvalue weighted by Crippen LogP contribution is -2.34. The molecule has 0 bridgehead atoms. The zero-order valence-corrected chi connectivity index (χ0v) is 20.1. The van der Waals surface area contributed by atoms with Crippen LogP contribution >= 0.6 is 12.2 Å². The van der Waals surface area contributed by atoms with Gasteiger partial charge in [0.05, 0.1) is 6.10 Å². The molecule has 0 aliphatic carbocycles. The van der Waals surface area contributed by atoms with Crippen molar-refractivity contribution in [3.63, 3.8) is 0 Å². The van der Waals surface area contributed by atoms with E-state index in [1.165, 1.54) is 0 Å². The van der Waals surface area contributed by atoms with Crippen LogP contribution in [-0.2, 0) is 0 Å². The highest BCUT2D eigenvalue weighted by Gasteiger charge is 2.13. The van der Waals surface area contributed by atoms with E-state index in [1.54, 1.807) is 18.2 Å². The minimum absolute atomic E-state index is 0.0169. The highest BCUT2D eigenvalue weighted by Crippen LogP contribution is 2.30. The molecule has 0 unspecified atom stereocenters. The Morgan fingerprint density at radius 3 is 2.66 bits per heavy atom. The molecule has 0 saturated heterocycles. The number of carbonyl (C=O) groups is 1. The number of oxazole rings is 1. The van der Waals surface area contributed by atoms with Crippen molar-refractivity contribution < 1.29 is 13.9 Å². The molecule has 1 aromatic heterocycles. The summed E-state index contributed by atoms with van der Waals surface area (Å²) in [7, 11) is 0. The van der Waals surface area contributed by atoms with Gasteiger partial charge in [0.2, 0.25) is 5.89 Å². The highest BCUT2D eigenvalue weighted by molar-refractivity contribution is 7.80. The van der Waals surface area contributed by atoms with Crippen molar-refractivity contribution in [1.82, 2.24) is 10.3 Å². The first kappa shape index (κ1) is 22.6. The second kappa shape index (κ2) is 9.56. The maximum atomic E-state index is 12.7. The monoisotopic (exact) mass is 481 g/mol. The number of amides is 1. The summed E-state index contributed by atoms with van der Waals surface area (Å²) in [4.78, 5) is 17.4. The van der Waals surface area contributed by atoms with Gasteiger partial charge in [0.1, 0.15) is 11.3 Å². The van der Waals surface area contributed by atoms with Crippen molar-refractivity contribution in [2.24, 2.45) is 0 Å². The van der Waals surface area contributed by atoms with E-state index in [4.69, 9.17) is 26.4 Å². The summed E-state index contributed by atoms with van der Waals surface area (Å²) in [6.45, 7) is 3.87. The Balaban J connectivity index is 1.32. The van der Waals surface area contributed by atoms with Gasteiger partial charge in [0.15, 0.2) is 10.7 Å². The number of ether oxygens (including phenoxy) is 1. The number of thiocarbonyl (C=S) groups is 1. The second-order valence-corrected chi connectivity index (χ2v) is 8.74. The Kier molecular flexibility index (Phi) is 6.16. The van der Waals surface area contributed by atoms with Crippen LogP contribution in [0.15, 0.2) is 89.3 Å². The lowest BCUT2D eigenvalue weighted by Gasteiger charge is -2.12. The van der Waals surface area contributed by atoms with Gasteiger partial charge >= 0.3 is 0 Å². The van der Waals surface area contributed by atoms with E-state index in [1.807, 2.05) is 74.5 Å². The Morgan fingerprint density at radius 2 is 1.80 bits per heavy atom. The summed E-state index contributed by atoms with van der Waals surface area (Å²) in [6.07, 6.45) is 0.0169. The first-order valence-corrected chi connectivity index (χ1v) is 11.6. The van der Waals surface area contributed by atoms with Gasteiger partial charge in [-0.2, -0.15) is 0 Å². The number of anilines is 1. The number of hydrogen-bond donors (Lipinski definition) is 2. The quantitative estimate of drug-likeness (QED) is 0.277. The molecule has 0 aliphatic rings. The molecule has 4 aromatic carbocycles. The van der Waals surface area contributed by atoms with Gasteiger partial charge in [-0.1, -0.05) is 42.5 Å². The number of aromatic nitrogens is 1. The van der Waals surface area contributed by atoms with Gasteiger partial charge in [-0.3, -0.25) is 10.1 Å². The van der Waals surface area contributed by atoms with Crippen LogP contribution in [0.25, 0.3) is 33.3 Å². The van der Waals surface area contributed by atoms with Gasteiger partial charge in [-0.25, -0.2) is 4.98 Å². The third-order valence-corrected chi connectivity index (χ3v) is 5.55. The zero-order chi connectivity index (χ0) is 24.4. The number of carbonyl (C=O) groups excluding carboxylic acids is 1. The van der Waals surface area contributed by atoms with Gasteiger partial charge in [-0.05, 0) is 73.9 Å². The molecule has 35 heavy (non-hydrogen) atoms. The Morgan fingerprint density at radius 1 is 0.971 bits per heavy atom. The summed E-state index contributed by atoms with van der Waals surface area (Å²) in [5.74, 6) is 0.820. The second-order valence-electron chi connectivity index (χ2n) is 8.34. The van der Waals surface area contributed by atoms with Crippen LogP contribution < -0.4 is 15.4 Å². The topological polar surface area (TPSA) is 76.4 Å². The lowest BCUT2D eigenvalue weighted by atomic mass is 10.1. The molecular formula is C28H23N3O3S. The number of rotatable bonds is 5. The molecule has 0 atom stereocenters. The largest absolute Gasteiger partial charge is 0.491 e. The Bertz CT molecular complexity index is 1560. The van der Waals surface area contributed by atoms with Crippen molar-refractivity contribution in [1.29, 1.82) is 0 Å². The number of benzene rings is 4. The molecule has 5 aromatic rings. The molecule has 6 nitrogen and oxygen atoms in total. The van der Waals surface area contributed by atoms with E-state index in [-0.39, 0.29) is 17.1 Å². The Hall–Kier alpha value is -4.23.